The van der Waals surface area contributed by atoms with Crippen molar-refractivity contribution >= 4 is 23.3 Å². The fourth-order valence-corrected chi connectivity index (χ4v) is 4.48. The number of nitrogens with zero attached hydrogens (tertiary/aromatic N) is 1. The largest absolute Gasteiger partial charge is 0.416 e. The maximum absolute atomic E-state index is 14.0. The van der Waals surface area contributed by atoms with Gasteiger partial charge in [-0.2, -0.15) is 13.2 Å². The first kappa shape index (κ1) is 32.7. The van der Waals surface area contributed by atoms with Gasteiger partial charge in [0.15, 0.2) is 5.78 Å². The van der Waals surface area contributed by atoms with Crippen molar-refractivity contribution in [1.29, 1.82) is 0 Å². The van der Waals surface area contributed by atoms with E-state index in [4.69, 9.17) is 0 Å². The van der Waals surface area contributed by atoms with Gasteiger partial charge in [-0.05, 0) is 86.6 Å². The Morgan fingerprint density at radius 3 is 2.22 bits per heavy atom. The van der Waals surface area contributed by atoms with Gasteiger partial charge in [0, 0.05) is 35.7 Å². The number of H-pyrrole nitrogens is 1. The maximum Gasteiger partial charge on any atom is 0.416 e. The van der Waals surface area contributed by atoms with Gasteiger partial charge in [-0.15, -0.1) is 0 Å². The van der Waals surface area contributed by atoms with Gasteiger partial charge in [-0.3, -0.25) is 19.2 Å². The molecule has 3 aromatic carbocycles. The molecule has 234 valence electrons. The van der Waals surface area contributed by atoms with Crippen molar-refractivity contribution in [2.75, 3.05) is 19.4 Å². The van der Waals surface area contributed by atoms with Crippen LogP contribution in [0.4, 0.5) is 23.2 Å². The lowest BCUT2D eigenvalue weighted by Crippen LogP contribution is -2.37. The molecule has 13 heteroatoms. The number of amides is 2. The second-order valence-electron chi connectivity index (χ2n) is 10.3. The molecule has 1 heterocycles. The minimum atomic E-state index is -4.84. The number of carbonyl (C=O) groups is 3. The zero-order valence-electron chi connectivity index (χ0n) is 24.7. The van der Waals surface area contributed by atoms with Gasteiger partial charge in [0.05, 0.1) is 17.3 Å². The van der Waals surface area contributed by atoms with E-state index in [1.807, 2.05) is 0 Å². The molecule has 0 aliphatic rings. The predicted molar refractivity (Wildman–Crippen MR) is 160 cm³/mol. The minimum absolute atomic E-state index is 0.00695. The van der Waals surface area contributed by atoms with Crippen molar-refractivity contribution in [3.8, 4) is 11.4 Å². The number of hydrogen-bond acceptors (Lipinski definition) is 6. The average molecular weight is 624 g/mol. The highest BCUT2D eigenvalue weighted by molar-refractivity contribution is 6.09. The van der Waals surface area contributed by atoms with Crippen molar-refractivity contribution in [1.82, 2.24) is 20.6 Å². The molecule has 4 rings (SSSR count). The number of ketones is 1. The van der Waals surface area contributed by atoms with Crippen molar-refractivity contribution in [2.45, 2.75) is 32.5 Å². The molecule has 2 amide bonds. The van der Waals surface area contributed by atoms with E-state index >= 15 is 0 Å². The number of aryl methyl sites for hydroxylation is 1. The monoisotopic (exact) mass is 623 g/mol. The molecule has 0 aliphatic heterocycles. The van der Waals surface area contributed by atoms with E-state index in [9.17, 15) is 36.7 Å². The third-order valence-electron chi connectivity index (χ3n) is 7.11. The van der Waals surface area contributed by atoms with Crippen LogP contribution in [0.5, 0.6) is 0 Å². The van der Waals surface area contributed by atoms with Crippen molar-refractivity contribution < 1.29 is 31.9 Å². The number of likely N-dealkylation sites (N-methyl/N-ethyl adjacent to an activating group) is 1. The number of aromatic amines is 1. The van der Waals surface area contributed by atoms with Crippen LogP contribution in [0.15, 0.2) is 65.5 Å². The molecule has 4 N–H and O–H groups in total. The lowest BCUT2D eigenvalue weighted by molar-refractivity contribution is -0.137. The van der Waals surface area contributed by atoms with E-state index in [0.717, 1.165) is 30.3 Å². The number of halogens is 4. The molecular weight excluding hydrogens is 594 g/mol. The van der Waals surface area contributed by atoms with E-state index < -0.39 is 53.2 Å². The fraction of sp³-hybridized carbons (Fsp3) is 0.219. The average Bonchev–Trinajstić information content (AvgIpc) is 3.01. The van der Waals surface area contributed by atoms with Crippen LogP contribution in [0.25, 0.3) is 11.4 Å². The summed E-state index contributed by atoms with van der Waals surface area (Å²) in [5.74, 6) is -2.39. The van der Waals surface area contributed by atoms with Gasteiger partial charge in [0.25, 0.3) is 11.5 Å². The van der Waals surface area contributed by atoms with Gasteiger partial charge in [-0.25, -0.2) is 9.37 Å². The topological polar surface area (TPSA) is 133 Å². The van der Waals surface area contributed by atoms with Gasteiger partial charge in [-0.1, -0.05) is 6.07 Å². The second kappa shape index (κ2) is 13.2. The summed E-state index contributed by atoms with van der Waals surface area (Å²) in [6.45, 7) is 3.26. The predicted octanol–water partition coefficient (Wildman–Crippen LogP) is 4.63. The number of rotatable bonds is 9. The Balaban J connectivity index is 1.89. The van der Waals surface area contributed by atoms with Crippen LogP contribution in [0.2, 0.25) is 0 Å². The zero-order chi connectivity index (χ0) is 33.1. The van der Waals surface area contributed by atoms with E-state index in [-0.39, 0.29) is 39.5 Å². The molecule has 0 spiro atoms. The first-order valence-corrected chi connectivity index (χ1v) is 13.7. The lowest BCUT2D eigenvalue weighted by atomic mass is 9.96. The minimum Gasteiger partial charge on any atom is -0.355 e. The summed E-state index contributed by atoms with van der Waals surface area (Å²) >= 11 is 0. The van der Waals surface area contributed by atoms with Crippen LogP contribution in [0.1, 0.15) is 55.6 Å². The lowest BCUT2D eigenvalue weighted by Gasteiger charge is -2.16. The van der Waals surface area contributed by atoms with Gasteiger partial charge < -0.3 is 20.9 Å². The molecule has 0 radical (unpaired) electrons. The first-order valence-electron chi connectivity index (χ1n) is 13.7. The van der Waals surface area contributed by atoms with E-state index in [0.29, 0.717) is 17.2 Å². The summed E-state index contributed by atoms with van der Waals surface area (Å²) < 4.78 is 55.4. The molecule has 9 nitrogen and oxygen atoms in total. The highest BCUT2D eigenvalue weighted by atomic mass is 19.4. The Morgan fingerprint density at radius 2 is 1.60 bits per heavy atom. The molecular formula is C32H29F4N5O4. The van der Waals surface area contributed by atoms with E-state index in [1.54, 1.807) is 26.0 Å². The fourth-order valence-electron chi connectivity index (χ4n) is 4.48. The highest BCUT2D eigenvalue weighted by Gasteiger charge is 2.32. The molecule has 0 aliphatic carbocycles. The van der Waals surface area contributed by atoms with Crippen LogP contribution in [0, 0.1) is 12.7 Å². The molecule has 0 unspecified atom stereocenters. The summed E-state index contributed by atoms with van der Waals surface area (Å²) in [6.07, 6.45) is -5.24. The van der Waals surface area contributed by atoms with Crippen LogP contribution in [0.3, 0.4) is 0 Å². The number of carbonyl (C=O) groups excluding carboxylic acids is 3. The summed E-state index contributed by atoms with van der Waals surface area (Å²) in [4.78, 5) is 58.7. The van der Waals surface area contributed by atoms with Crippen LogP contribution in [-0.2, 0) is 17.4 Å². The van der Waals surface area contributed by atoms with Crippen LogP contribution in [-0.4, -0.2) is 47.7 Å². The Bertz CT molecular complexity index is 1840. The number of alkyl halides is 3. The normalized spacial score (nSPS) is 12.0. The SMILES string of the molecule is CNC(=O)c1ccc(C)c(-c2nc(Cc3cc(C(=O)c4ccc(F)cc4)cc(C(F)(F)F)c3)c(NC(=O)[C@H](C)NC)c(=O)[nH]2)c1. The Hall–Kier alpha value is -5.17. The maximum atomic E-state index is 14.0. The number of anilines is 1. The second-order valence-corrected chi connectivity index (χ2v) is 10.3. The number of hydrogen-bond donors (Lipinski definition) is 4. The smallest absolute Gasteiger partial charge is 0.355 e. The number of benzene rings is 3. The quantitative estimate of drug-likeness (QED) is 0.159. The Kier molecular flexibility index (Phi) is 9.62. The molecule has 4 aromatic rings. The molecule has 0 saturated heterocycles. The van der Waals surface area contributed by atoms with Gasteiger partial charge in [0.2, 0.25) is 5.91 Å². The molecule has 45 heavy (non-hydrogen) atoms. The van der Waals surface area contributed by atoms with E-state index in [2.05, 4.69) is 25.9 Å². The molecule has 0 saturated carbocycles. The number of aromatic nitrogens is 2. The van der Waals surface area contributed by atoms with Crippen molar-refractivity contribution in [2.24, 2.45) is 0 Å². The standard InChI is InChI=1S/C32H29F4N5O4/c1-16-5-6-20(30(44)38-4)15-24(16)28-39-25(26(31(45)41-28)40-29(43)17(2)37-3)13-18-11-21(14-22(12-18)32(34,35)36)27(42)19-7-9-23(33)10-8-19/h5-12,14-15,17,37H,13H2,1-4H3,(H,38,44)(H,40,43)(H,39,41,45)/t17-/m0/s1. The highest BCUT2D eigenvalue weighted by Crippen LogP contribution is 2.32. The third kappa shape index (κ3) is 7.50. The molecule has 1 atom stereocenters. The van der Waals surface area contributed by atoms with Crippen LogP contribution < -0.4 is 21.5 Å². The van der Waals surface area contributed by atoms with Crippen molar-refractivity contribution in [3.05, 3.63) is 116 Å². The molecule has 0 bridgehead atoms. The van der Waals surface area contributed by atoms with Gasteiger partial charge >= 0.3 is 6.18 Å². The molecule has 0 fully saturated rings. The number of nitrogens with one attached hydrogen (secondary N) is 4. The third-order valence-corrected chi connectivity index (χ3v) is 7.11. The summed E-state index contributed by atoms with van der Waals surface area (Å²) in [5, 5.41) is 7.74. The Morgan fingerprint density at radius 1 is 0.933 bits per heavy atom. The summed E-state index contributed by atoms with van der Waals surface area (Å²) in [7, 11) is 2.98. The van der Waals surface area contributed by atoms with E-state index in [1.165, 1.54) is 26.2 Å². The van der Waals surface area contributed by atoms with Crippen LogP contribution >= 0.6 is 0 Å². The molecule has 1 aromatic heterocycles. The Labute approximate surface area is 255 Å². The summed E-state index contributed by atoms with van der Waals surface area (Å²) in [6, 6.07) is 11.1. The van der Waals surface area contributed by atoms with Gasteiger partial charge in [0.1, 0.15) is 17.3 Å². The summed E-state index contributed by atoms with van der Waals surface area (Å²) in [5.41, 5.74) is -1.42. The van der Waals surface area contributed by atoms with Crippen molar-refractivity contribution in [3.63, 3.8) is 0 Å². The zero-order valence-corrected chi connectivity index (χ0v) is 24.7. The first-order chi connectivity index (χ1) is 21.2.